The second-order valence-corrected chi connectivity index (χ2v) is 13.7. The maximum Gasteiger partial charge on any atom is 0.280 e. The van der Waals surface area contributed by atoms with E-state index in [0.717, 1.165) is 17.7 Å². The fraction of sp³-hybridized carbons (Fsp3) is 0.275. The molecule has 0 saturated carbocycles. The highest BCUT2D eigenvalue weighted by atomic mass is 19.3. The van der Waals surface area contributed by atoms with E-state index in [1.54, 1.807) is 12.3 Å². The van der Waals surface area contributed by atoms with E-state index in [2.05, 4.69) is 52.0 Å². The third-order valence-electron chi connectivity index (χ3n) is 8.86. The van der Waals surface area contributed by atoms with Crippen molar-refractivity contribution in [3.63, 3.8) is 0 Å². The third-order valence-corrected chi connectivity index (χ3v) is 8.86. The van der Waals surface area contributed by atoms with Crippen LogP contribution in [0.4, 0.5) is 17.6 Å². The number of pyridine rings is 1. The van der Waals surface area contributed by atoms with Crippen molar-refractivity contribution in [1.29, 1.82) is 0 Å². The van der Waals surface area contributed by atoms with Crippen LogP contribution in [0, 0.1) is 17.0 Å². The fourth-order valence-electron chi connectivity index (χ4n) is 6.21. The highest BCUT2D eigenvalue weighted by Gasteiger charge is 2.46. The minimum atomic E-state index is -3.41. The molecule has 0 amide bonds. The van der Waals surface area contributed by atoms with Crippen molar-refractivity contribution in [2.75, 3.05) is 0 Å². The van der Waals surface area contributed by atoms with Crippen LogP contribution in [-0.4, -0.2) is 4.98 Å². The number of alkyl halides is 2. The zero-order chi connectivity index (χ0) is 33.1. The lowest BCUT2D eigenvalue weighted by molar-refractivity contribution is -0.106. The summed E-state index contributed by atoms with van der Waals surface area (Å²) < 4.78 is 67.3. The number of para-hydroxylation sites is 1. The molecule has 0 atom stereocenters. The molecule has 236 valence electrons. The Labute approximate surface area is 267 Å². The van der Waals surface area contributed by atoms with Gasteiger partial charge in [0.05, 0.1) is 11.3 Å². The molecule has 0 saturated heterocycles. The van der Waals surface area contributed by atoms with E-state index >= 15 is 8.78 Å². The topological polar surface area (TPSA) is 26.0 Å². The molecule has 0 bridgehead atoms. The number of rotatable bonds is 6. The van der Waals surface area contributed by atoms with E-state index in [1.165, 1.54) is 49.6 Å². The molecule has 46 heavy (non-hydrogen) atoms. The molecule has 0 spiro atoms. The standard InChI is InChI=1S/C40H37F4NO/c1-22(2)26-10-8-11-27(23(3)4)35(26)25-18-19-45-34(21-25)31-13-9-12-29-30-16-15-28(36(42)38(30)46-37(29)31)24-14-17-32(33(41)20-24)40(43,44)39(5,6)7/h8-23H,1-7H3. The molecule has 6 aromatic rings. The average Bonchev–Trinajstić information content (AvgIpc) is 3.40. The molecule has 0 unspecified atom stereocenters. The predicted molar refractivity (Wildman–Crippen MR) is 179 cm³/mol. The molecule has 6 heteroatoms. The van der Waals surface area contributed by atoms with Crippen molar-refractivity contribution >= 4 is 21.9 Å². The minimum absolute atomic E-state index is 0.00728. The van der Waals surface area contributed by atoms with Gasteiger partial charge in [-0.15, -0.1) is 0 Å². The summed E-state index contributed by atoms with van der Waals surface area (Å²) in [6, 6.07) is 22.7. The van der Waals surface area contributed by atoms with Crippen LogP contribution in [0.5, 0.6) is 0 Å². The van der Waals surface area contributed by atoms with Crippen molar-refractivity contribution in [3.05, 3.63) is 113 Å². The molecule has 0 aliphatic rings. The van der Waals surface area contributed by atoms with E-state index in [0.29, 0.717) is 39.4 Å². The number of halogens is 4. The Morgan fingerprint density at radius 2 is 1.33 bits per heavy atom. The summed E-state index contributed by atoms with van der Waals surface area (Å²) in [7, 11) is 0. The van der Waals surface area contributed by atoms with Gasteiger partial charge in [-0.2, -0.15) is 0 Å². The zero-order valence-electron chi connectivity index (χ0n) is 27.1. The number of hydrogen-bond acceptors (Lipinski definition) is 2. The van der Waals surface area contributed by atoms with E-state index in [4.69, 9.17) is 9.40 Å². The molecule has 0 N–H and O–H groups in total. The summed E-state index contributed by atoms with van der Waals surface area (Å²) in [5, 5.41) is 1.26. The summed E-state index contributed by atoms with van der Waals surface area (Å²) >= 11 is 0. The van der Waals surface area contributed by atoms with Gasteiger partial charge in [-0.05, 0) is 76.1 Å². The lowest BCUT2D eigenvalue weighted by Crippen LogP contribution is -2.32. The first kappa shape index (κ1) is 31.5. The summed E-state index contributed by atoms with van der Waals surface area (Å²) in [5.41, 5.74) is 4.63. The summed E-state index contributed by atoms with van der Waals surface area (Å²) in [6.07, 6.45) is 1.79. The van der Waals surface area contributed by atoms with Gasteiger partial charge in [-0.1, -0.05) is 90.9 Å². The van der Waals surface area contributed by atoms with Crippen molar-refractivity contribution in [2.24, 2.45) is 5.41 Å². The molecule has 2 nitrogen and oxygen atoms in total. The van der Waals surface area contributed by atoms with Crippen LogP contribution in [0.25, 0.3) is 55.4 Å². The van der Waals surface area contributed by atoms with Gasteiger partial charge in [0.25, 0.3) is 5.92 Å². The van der Waals surface area contributed by atoms with Crippen LogP contribution in [0.3, 0.4) is 0 Å². The number of aromatic nitrogens is 1. The van der Waals surface area contributed by atoms with Crippen LogP contribution >= 0.6 is 0 Å². The highest BCUT2D eigenvalue weighted by molar-refractivity contribution is 6.10. The van der Waals surface area contributed by atoms with E-state index < -0.39 is 28.5 Å². The van der Waals surface area contributed by atoms with Crippen molar-refractivity contribution in [2.45, 2.75) is 66.2 Å². The third kappa shape index (κ3) is 5.18. The van der Waals surface area contributed by atoms with E-state index in [1.807, 2.05) is 24.3 Å². The van der Waals surface area contributed by atoms with Gasteiger partial charge in [-0.25, -0.2) is 17.6 Å². The molecule has 2 heterocycles. The normalized spacial score (nSPS) is 12.6. The molecule has 6 rings (SSSR count). The molecular weight excluding hydrogens is 586 g/mol. The van der Waals surface area contributed by atoms with Gasteiger partial charge in [0.15, 0.2) is 11.4 Å². The number of hydrogen-bond donors (Lipinski definition) is 0. The Balaban J connectivity index is 1.48. The maximum atomic E-state index is 16.1. The van der Waals surface area contributed by atoms with Crippen LogP contribution < -0.4 is 0 Å². The second-order valence-electron chi connectivity index (χ2n) is 13.7. The number of benzene rings is 4. The van der Waals surface area contributed by atoms with Gasteiger partial charge in [0, 0.05) is 33.5 Å². The summed E-state index contributed by atoms with van der Waals surface area (Å²) in [4.78, 5) is 4.69. The van der Waals surface area contributed by atoms with Gasteiger partial charge in [0.2, 0.25) is 0 Å². The Kier molecular flexibility index (Phi) is 7.82. The lowest BCUT2D eigenvalue weighted by Gasteiger charge is -2.31. The monoisotopic (exact) mass is 623 g/mol. The van der Waals surface area contributed by atoms with Gasteiger partial charge >= 0.3 is 0 Å². The van der Waals surface area contributed by atoms with Crippen LogP contribution in [-0.2, 0) is 5.92 Å². The maximum absolute atomic E-state index is 16.1. The highest BCUT2D eigenvalue weighted by Crippen LogP contribution is 2.46. The largest absolute Gasteiger partial charge is 0.452 e. The second kappa shape index (κ2) is 11.4. The first-order valence-corrected chi connectivity index (χ1v) is 15.6. The lowest BCUT2D eigenvalue weighted by atomic mass is 9.83. The number of fused-ring (bicyclic) bond motifs is 3. The first-order chi connectivity index (χ1) is 21.7. The molecule has 0 fully saturated rings. The minimum Gasteiger partial charge on any atom is -0.452 e. The first-order valence-electron chi connectivity index (χ1n) is 15.6. The van der Waals surface area contributed by atoms with Crippen LogP contribution in [0.1, 0.15) is 77.0 Å². The van der Waals surface area contributed by atoms with E-state index in [-0.39, 0.29) is 16.7 Å². The van der Waals surface area contributed by atoms with E-state index in [9.17, 15) is 8.78 Å². The molecule has 0 aliphatic carbocycles. The molecule has 2 aromatic heterocycles. The fourth-order valence-corrected chi connectivity index (χ4v) is 6.21. The zero-order valence-corrected chi connectivity index (χ0v) is 27.1. The van der Waals surface area contributed by atoms with Crippen molar-refractivity contribution in [3.8, 4) is 33.5 Å². The van der Waals surface area contributed by atoms with Crippen molar-refractivity contribution in [1.82, 2.24) is 4.98 Å². The van der Waals surface area contributed by atoms with Crippen molar-refractivity contribution < 1.29 is 22.0 Å². The summed E-state index contributed by atoms with van der Waals surface area (Å²) in [5.74, 6) is -4.55. The number of furan rings is 1. The van der Waals surface area contributed by atoms with Gasteiger partial charge in [0.1, 0.15) is 11.4 Å². The van der Waals surface area contributed by atoms with Crippen LogP contribution in [0.2, 0.25) is 0 Å². The quantitative estimate of drug-likeness (QED) is 0.173. The smallest absolute Gasteiger partial charge is 0.280 e. The molecule has 0 aliphatic heterocycles. The number of nitrogens with zero attached hydrogens (tertiary/aromatic N) is 1. The van der Waals surface area contributed by atoms with Gasteiger partial charge < -0.3 is 4.42 Å². The average molecular weight is 624 g/mol. The Hall–Kier alpha value is -4.45. The molecule has 4 aromatic carbocycles. The Morgan fingerprint density at radius 1 is 0.674 bits per heavy atom. The SMILES string of the molecule is CC(C)c1cccc(C(C)C)c1-c1ccnc(-c2cccc3c2oc2c(F)c(-c4ccc(C(F)(F)C(C)(C)C)c(F)c4)ccc23)c1. The Morgan fingerprint density at radius 3 is 1.96 bits per heavy atom. The Bertz CT molecular complexity index is 2070. The molecule has 0 radical (unpaired) electrons. The predicted octanol–water partition coefficient (Wildman–Crippen LogP) is 12.6. The van der Waals surface area contributed by atoms with Gasteiger partial charge in [-0.3, -0.25) is 4.98 Å². The molecular formula is C40H37F4NO. The summed E-state index contributed by atoms with van der Waals surface area (Å²) in [6.45, 7) is 12.8. The van der Waals surface area contributed by atoms with Crippen LogP contribution in [0.15, 0.2) is 89.5 Å².